The van der Waals surface area contributed by atoms with Gasteiger partial charge < -0.3 is 9.47 Å². The molecule has 1 saturated carbocycles. The Balaban J connectivity index is 1.55. The molecule has 0 aliphatic heterocycles. The summed E-state index contributed by atoms with van der Waals surface area (Å²) >= 11 is 0. The van der Waals surface area contributed by atoms with Gasteiger partial charge in [-0.05, 0) is 42.7 Å². The van der Waals surface area contributed by atoms with Crippen LogP contribution in [0.3, 0.4) is 0 Å². The van der Waals surface area contributed by atoms with Crippen LogP contribution in [0.4, 0.5) is 0 Å². The van der Waals surface area contributed by atoms with Crippen LogP contribution in [0.1, 0.15) is 24.2 Å². The Morgan fingerprint density at radius 3 is 2.43 bits per heavy atom. The number of hydrogen-bond acceptors (Lipinski definition) is 6. The highest BCUT2D eigenvalue weighted by molar-refractivity contribution is 5.61. The number of rotatable bonds is 5. The maximum Gasteiger partial charge on any atom is 0.272 e. The Bertz CT molecular complexity index is 1150. The van der Waals surface area contributed by atoms with Crippen LogP contribution in [0.15, 0.2) is 54.7 Å². The standard InChI is InChI=1S/C21H19N5O2/c1-27-16-8-6-15(7-9-16)21(10-11-21)19-24-25-20-23-18(13-22-26(19)20)14-4-3-5-17(12-14)28-2/h3-9,12-13H,10-11H2,1-2H3. The molecule has 1 aliphatic carbocycles. The van der Waals surface area contributed by atoms with Gasteiger partial charge in [0.15, 0.2) is 5.82 Å². The highest BCUT2D eigenvalue weighted by Gasteiger charge is 2.50. The van der Waals surface area contributed by atoms with Crippen LogP contribution in [0.25, 0.3) is 17.0 Å². The molecule has 2 aromatic heterocycles. The van der Waals surface area contributed by atoms with Gasteiger partial charge >= 0.3 is 0 Å². The van der Waals surface area contributed by atoms with Crippen LogP contribution >= 0.6 is 0 Å². The molecule has 7 nitrogen and oxygen atoms in total. The summed E-state index contributed by atoms with van der Waals surface area (Å²) in [5.41, 5.74) is 2.70. The van der Waals surface area contributed by atoms with Crippen LogP contribution < -0.4 is 9.47 Å². The summed E-state index contributed by atoms with van der Waals surface area (Å²) in [6.45, 7) is 0. The SMILES string of the molecule is COc1ccc(C2(c3nnc4nc(-c5cccc(OC)c5)cnn34)CC2)cc1. The van der Waals surface area contributed by atoms with E-state index in [0.717, 1.165) is 41.4 Å². The molecule has 0 unspecified atom stereocenters. The summed E-state index contributed by atoms with van der Waals surface area (Å²) in [6.07, 6.45) is 3.78. The zero-order chi connectivity index (χ0) is 19.1. The highest BCUT2D eigenvalue weighted by atomic mass is 16.5. The van der Waals surface area contributed by atoms with E-state index in [-0.39, 0.29) is 5.41 Å². The van der Waals surface area contributed by atoms with E-state index in [1.165, 1.54) is 5.56 Å². The summed E-state index contributed by atoms with van der Waals surface area (Å²) in [6, 6.07) is 15.9. The molecule has 0 bridgehead atoms. The number of ether oxygens (including phenoxy) is 2. The second-order valence-electron chi connectivity index (χ2n) is 6.92. The first kappa shape index (κ1) is 16.7. The van der Waals surface area contributed by atoms with Gasteiger partial charge in [0.2, 0.25) is 0 Å². The van der Waals surface area contributed by atoms with E-state index in [1.807, 2.05) is 36.4 Å². The van der Waals surface area contributed by atoms with Gasteiger partial charge in [-0.2, -0.15) is 9.61 Å². The average Bonchev–Trinajstić information content (AvgIpc) is 3.46. The van der Waals surface area contributed by atoms with Gasteiger partial charge in [-0.25, -0.2) is 4.98 Å². The van der Waals surface area contributed by atoms with Crippen molar-refractivity contribution in [2.75, 3.05) is 14.2 Å². The molecular weight excluding hydrogens is 354 g/mol. The van der Waals surface area contributed by atoms with Gasteiger partial charge in [0.05, 0.1) is 31.5 Å². The van der Waals surface area contributed by atoms with Crippen molar-refractivity contribution in [3.05, 3.63) is 66.1 Å². The molecule has 4 aromatic rings. The Labute approximate surface area is 162 Å². The van der Waals surface area contributed by atoms with Crippen molar-refractivity contribution in [3.63, 3.8) is 0 Å². The normalized spacial score (nSPS) is 14.8. The minimum atomic E-state index is -0.155. The van der Waals surface area contributed by atoms with E-state index in [1.54, 1.807) is 24.9 Å². The molecule has 0 spiro atoms. The largest absolute Gasteiger partial charge is 0.497 e. The molecule has 7 heteroatoms. The van der Waals surface area contributed by atoms with E-state index in [4.69, 9.17) is 9.47 Å². The fourth-order valence-electron chi connectivity index (χ4n) is 3.59. The third kappa shape index (κ3) is 2.58. The molecular formula is C21H19N5O2. The quantitative estimate of drug-likeness (QED) is 0.534. The first-order chi connectivity index (χ1) is 13.7. The molecule has 1 fully saturated rings. The summed E-state index contributed by atoms with van der Waals surface area (Å²) in [7, 11) is 3.32. The number of hydrogen-bond donors (Lipinski definition) is 0. The number of benzene rings is 2. The molecule has 28 heavy (non-hydrogen) atoms. The van der Waals surface area contributed by atoms with Crippen molar-refractivity contribution >= 4 is 5.78 Å². The first-order valence-electron chi connectivity index (χ1n) is 9.11. The highest BCUT2D eigenvalue weighted by Crippen LogP contribution is 2.52. The van der Waals surface area contributed by atoms with Gasteiger partial charge in [0.25, 0.3) is 5.78 Å². The van der Waals surface area contributed by atoms with Gasteiger partial charge in [-0.15, -0.1) is 10.2 Å². The predicted molar refractivity (Wildman–Crippen MR) is 104 cm³/mol. The lowest BCUT2D eigenvalue weighted by Crippen LogP contribution is -2.15. The lowest BCUT2D eigenvalue weighted by Gasteiger charge is -2.14. The molecule has 5 rings (SSSR count). The molecule has 140 valence electrons. The number of aromatic nitrogens is 5. The molecule has 0 amide bonds. The van der Waals surface area contributed by atoms with Gasteiger partial charge in [-0.3, -0.25) is 0 Å². The van der Waals surface area contributed by atoms with Gasteiger partial charge in [0.1, 0.15) is 11.5 Å². The van der Waals surface area contributed by atoms with Crippen molar-refractivity contribution in [2.24, 2.45) is 0 Å². The molecule has 1 aliphatic rings. The maximum atomic E-state index is 5.30. The van der Waals surface area contributed by atoms with Crippen LogP contribution in [-0.4, -0.2) is 39.0 Å². The van der Waals surface area contributed by atoms with Crippen LogP contribution in [0, 0.1) is 0 Å². The Kier molecular flexibility index (Phi) is 3.75. The summed E-state index contributed by atoms with van der Waals surface area (Å²) in [5.74, 6) is 2.94. The van der Waals surface area contributed by atoms with Crippen LogP contribution in [0.2, 0.25) is 0 Å². The monoisotopic (exact) mass is 373 g/mol. The van der Waals surface area contributed by atoms with Crippen molar-refractivity contribution in [3.8, 4) is 22.8 Å². The van der Waals surface area contributed by atoms with E-state index >= 15 is 0 Å². The number of nitrogens with zero attached hydrogens (tertiary/aromatic N) is 5. The second-order valence-corrected chi connectivity index (χ2v) is 6.92. The van der Waals surface area contributed by atoms with Gasteiger partial charge in [0, 0.05) is 5.56 Å². The molecule has 2 heterocycles. The smallest absolute Gasteiger partial charge is 0.272 e. The number of fused-ring (bicyclic) bond motifs is 1. The molecule has 2 aromatic carbocycles. The van der Waals surface area contributed by atoms with Crippen molar-refractivity contribution in [1.29, 1.82) is 0 Å². The Morgan fingerprint density at radius 2 is 1.71 bits per heavy atom. The minimum Gasteiger partial charge on any atom is -0.497 e. The van der Waals surface area contributed by atoms with E-state index in [2.05, 4.69) is 32.4 Å². The second kappa shape index (κ2) is 6.30. The topological polar surface area (TPSA) is 74.4 Å². The number of methoxy groups -OCH3 is 2. The van der Waals surface area contributed by atoms with Crippen LogP contribution in [-0.2, 0) is 5.41 Å². The van der Waals surface area contributed by atoms with Crippen LogP contribution in [0.5, 0.6) is 11.5 Å². The third-order valence-corrected chi connectivity index (χ3v) is 5.33. The molecule has 0 N–H and O–H groups in total. The van der Waals surface area contributed by atoms with Crippen molar-refractivity contribution in [2.45, 2.75) is 18.3 Å². The zero-order valence-electron chi connectivity index (χ0n) is 15.7. The lowest BCUT2D eigenvalue weighted by molar-refractivity contribution is 0.414. The summed E-state index contributed by atoms with van der Waals surface area (Å²) < 4.78 is 12.3. The van der Waals surface area contributed by atoms with Crippen molar-refractivity contribution in [1.82, 2.24) is 24.8 Å². The van der Waals surface area contributed by atoms with Crippen molar-refractivity contribution < 1.29 is 9.47 Å². The fraction of sp³-hybridized carbons (Fsp3) is 0.238. The van der Waals surface area contributed by atoms with E-state index in [9.17, 15) is 0 Å². The van der Waals surface area contributed by atoms with E-state index in [0.29, 0.717) is 5.78 Å². The summed E-state index contributed by atoms with van der Waals surface area (Å²) in [4.78, 5) is 4.66. The summed E-state index contributed by atoms with van der Waals surface area (Å²) in [5, 5.41) is 13.3. The van der Waals surface area contributed by atoms with Gasteiger partial charge in [-0.1, -0.05) is 24.3 Å². The first-order valence-corrected chi connectivity index (χ1v) is 9.11. The third-order valence-electron chi connectivity index (χ3n) is 5.33. The lowest BCUT2D eigenvalue weighted by atomic mass is 9.95. The van der Waals surface area contributed by atoms with E-state index < -0.39 is 0 Å². The molecule has 0 radical (unpaired) electrons. The average molecular weight is 373 g/mol. The molecule has 0 atom stereocenters. The Hall–Kier alpha value is -3.48. The maximum absolute atomic E-state index is 5.30. The zero-order valence-corrected chi connectivity index (χ0v) is 15.7. The Morgan fingerprint density at radius 1 is 0.929 bits per heavy atom. The molecule has 0 saturated heterocycles. The minimum absolute atomic E-state index is 0.155. The predicted octanol–water partition coefficient (Wildman–Crippen LogP) is 3.28. The fourth-order valence-corrected chi connectivity index (χ4v) is 3.59.